The predicted molar refractivity (Wildman–Crippen MR) is 68.1 cm³/mol. The molecule has 1 heterocycles. The molecule has 18 heavy (non-hydrogen) atoms. The van der Waals surface area contributed by atoms with Gasteiger partial charge in [0.1, 0.15) is 0 Å². The average molecular weight is 256 g/mol. The summed E-state index contributed by atoms with van der Waals surface area (Å²) < 4.78 is 31.6. The van der Waals surface area contributed by atoms with Crippen molar-refractivity contribution in [1.29, 1.82) is 0 Å². The van der Waals surface area contributed by atoms with Gasteiger partial charge in [-0.05, 0) is 24.6 Å². The Morgan fingerprint density at radius 2 is 2.28 bits per heavy atom. The van der Waals surface area contributed by atoms with E-state index in [0.717, 1.165) is 6.42 Å². The highest BCUT2D eigenvalue weighted by molar-refractivity contribution is 5.60. The number of ether oxygens (including phenoxy) is 1. The second kappa shape index (κ2) is 5.52. The van der Waals surface area contributed by atoms with Gasteiger partial charge in [0.2, 0.25) is 0 Å². The lowest BCUT2D eigenvalue weighted by Gasteiger charge is -2.35. The Kier molecular flexibility index (Phi) is 4.01. The van der Waals surface area contributed by atoms with Crippen LogP contribution in [0.2, 0.25) is 0 Å². The summed E-state index contributed by atoms with van der Waals surface area (Å²) in [5.41, 5.74) is 6.52. The fourth-order valence-electron chi connectivity index (χ4n) is 2.22. The van der Waals surface area contributed by atoms with Crippen molar-refractivity contribution in [3.63, 3.8) is 0 Å². The minimum atomic E-state index is -2.51. The molecule has 1 saturated heterocycles. The maximum Gasteiger partial charge on any atom is 0.265 e. The number of nitrogens with two attached hydrogens (primary N) is 1. The quantitative estimate of drug-likeness (QED) is 0.845. The minimum absolute atomic E-state index is 0.00625. The summed E-state index contributed by atoms with van der Waals surface area (Å²) in [5.74, 6) is 0. The van der Waals surface area contributed by atoms with Gasteiger partial charge in [-0.3, -0.25) is 0 Å². The number of morpholine rings is 1. The number of anilines is 2. The van der Waals surface area contributed by atoms with Crippen molar-refractivity contribution in [2.45, 2.75) is 25.9 Å². The normalized spacial score (nSPS) is 20.4. The molecule has 0 saturated carbocycles. The molecule has 0 amide bonds. The molecule has 0 aromatic heterocycles. The Morgan fingerprint density at radius 1 is 1.50 bits per heavy atom. The molecule has 2 N–H and O–H groups in total. The first-order valence-electron chi connectivity index (χ1n) is 6.16. The van der Waals surface area contributed by atoms with Gasteiger partial charge in [-0.25, -0.2) is 8.78 Å². The van der Waals surface area contributed by atoms with E-state index in [9.17, 15) is 8.78 Å². The maximum absolute atomic E-state index is 13.0. The van der Waals surface area contributed by atoms with Crippen LogP contribution in [0.3, 0.4) is 0 Å². The summed E-state index contributed by atoms with van der Waals surface area (Å²) in [6, 6.07) is 4.70. The van der Waals surface area contributed by atoms with Crippen molar-refractivity contribution in [2.75, 3.05) is 30.3 Å². The van der Waals surface area contributed by atoms with Crippen LogP contribution in [0.4, 0.5) is 20.2 Å². The number of nitrogen functional groups attached to an aromatic ring is 1. The Morgan fingerprint density at radius 3 is 2.94 bits per heavy atom. The minimum Gasteiger partial charge on any atom is -0.399 e. The zero-order valence-corrected chi connectivity index (χ0v) is 10.4. The third-order valence-corrected chi connectivity index (χ3v) is 3.22. The highest BCUT2D eigenvalue weighted by Crippen LogP contribution is 2.32. The van der Waals surface area contributed by atoms with Gasteiger partial charge >= 0.3 is 0 Å². The third kappa shape index (κ3) is 2.72. The Balaban J connectivity index is 2.26. The number of alkyl halides is 2. The largest absolute Gasteiger partial charge is 0.399 e. The first-order chi connectivity index (χ1) is 8.61. The Labute approximate surface area is 106 Å². The van der Waals surface area contributed by atoms with Crippen LogP contribution in [0, 0.1) is 0 Å². The highest BCUT2D eigenvalue weighted by Gasteiger charge is 2.23. The van der Waals surface area contributed by atoms with Crippen molar-refractivity contribution in [1.82, 2.24) is 0 Å². The Bertz CT molecular complexity index is 412. The second-order valence-corrected chi connectivity index (χ2v) is 4.47. The number of nitrogens with zero attached hydrogens (tertiary/aromatic N) is 1. The van der Waals surface area contributed by atoms with Crippen molar-refractivity contribution < 1.29 is 13.5 Å². The number of benzene rings is 1. The van der Waals surface area contributed by atoms with Gasteiger partial charge < -0.3 is 15.4 Å². The van der Waals surface area contributed by atoms with E-state index >= 15 is 0 Å². The fourth-order valence-corrected chi connectivity index (χ4v) is 2.22. The first kappa shape index (κ1) is 13.1. The summed E-state index contributed by atoms with van der Waals surface area (Å²) in [7, 11) is 0. The van der Waals surface area contributed by atoms with Gasteiger partial charge in [0.05, 0.1) is 12.7 Å². The SMILES string of the molecule is CCC1CN(c2ccc(N)cc2C(F)F)CCO1. The number of halogens is 2. The van der Waals surface area contributed by atoms with Gasteiger partial charge in [-0.2, -0.15) is 0 Å². The third-order valence-electron chi connectivity index (χ3n) is 3.22. The second-order valence-electron chi connectivity index (χ2n) is 4.47. The van der Waals surface area contributed by atoms with Gasteiger partial charge in [0.15, 0.2) is 0 Å². The molecule has 1 fully saturated rings. The maximum atomic E-state index is 13.0. The molecule has 0 aliphatic carbocycles. The topological polar surface area (TPSA) is 38.5 Å². The van der Waals surface area contributed by atoms with Crippen molar-refractivity contribution in [2.24, 2.45) is 0 Å². The van der Waals surface area contributed by atoms with Gasteiger partial charge in [-0.1, -0.05) is 6.92 Å². The first-order valence-corrected chi connectivity index (χ1v) is 6.16. The number of hydrogen-bond acceptors (Lipinski definition) is 3. The number of rotatable bonds is 3. The molecular weight excluding hydrogens is 238 g/mol. The van der Waals surface area contributed by atoms with E-state index in [1.54, 1.807) is 12.1 Å². The van der Waals surface area contributed by atoms with Gasteiger partial charge in [0.25, 0.3) is 6.43 Å². The van der Waals surface area contributed by atoms with Crippen LogP contribution in [0.1, 0.15) is 25.3 Å². The van der Waals surface area contributed by atoms with Gasteiger partial charge in [-0.15, -0.1) is 0 Å². The summed E-state index contributed by atoms with van der Waals surface area (Å²) in [6.07, 6.45) is -1.51. The molecule has 2 rings (SSSR count). The van der Waals surface area contributed by atoms with E-state index in [4.69, 9.17) is 10.5 Å². The van der Waals surface area contributed by atoms with E-state index in [0.29, 0.717) is 31.1 Å². The molecule has 0 spiro atoms. The van der Waals surface area contributed by atoms with Crippen LogP contribution in [-0.4, -0.2) is 25.8 Å². The average Bonchev–Trinajstić information content (AvgIpc) is 2.38. The molecule has 1 atom stereocenters. The summed E-state index contributed by atoms with van der Waals surface area (Å²) in [4.78, 5) is 1.96. The monoisotopic (exact) mass is 256 g/mol. The van der Waals surface area contributed by atoms with Crippen LogP contribution in [0.5, 0.6) is 0 Å². The van der Waals surface area contributed by atoms with Crippen molar-refractivity contribution >= 4 is 11.4 Å². The molecule has 1 unspecified atom stereocenters. The molecule has 0 radical (unpaired) electrons. The molecule has 1 aromatic carbocycles. The lowest BCUT2D eigenvalue weighted by molar-refractivity contribution is 0.0381. The van der Waals surface area contributed by atoms with E-state index in [-0.39, 0.29) is 11.7 Å². The molecule has 100 valence electrons. The lowest BCUT2D eigenvalue weighted by atomic mass is 10.1. The fraction of sp³-hybridized carbons (Fsp3) is 0.538. The lowest BCUT2D eigenvalue weighted by Crippen LogP contribution is -2.42. The molecular formula is C13H18F2N2O. The molecule has 3 nitrogen and oxygen atoms in total. The van der Waals surface area contributed by atoms with Crippen LogP contribution in [0.25, 0.3) is 0 Å². The standard InChI is InChI=1S/C13H18F2N2O/c1-2-10-8-17(5-6-18-10)12-4-3-9(16)7-11(12)13(14)15/h3-4,7,10,13H,2,5-6,8,16H2,1H3. The smallest absolute Gasteiger partial charge is 0.265 e. The van der Waals surface area contributed by atoms with Gasteiger partial charge in [0, 0.05) is 30.0 Å². The van der Waals surface area contributed by atoms with Crippen LogP contribution in [-0.2, 0) is 4.74 Å². The van der Waals surface area contributed by atoms with Crippen LogP contribution < -0.4 is 10.6 Å². The molecule has 1 aromatic rings. The van der Waals surface area contributed by atoms with Crippen LogP contribution in [0.15, 0.2) is 18.2 Å². The number of hydrogen-bond donors (Lipinski definition) is 1. The van der Waals surface area contributed by atoms with Crippen molar-refractivity contribution in [3.8, 4) is 0 Å². The van der Waals surface area contributed by atoms with Crippen LogP contribution >= 0.6 is 0 Å². The van der Waals surface area contributed by atoms with E-state index < -0.39 is 6.43 Å². The Hall–Kier alpha value is -1.36. The molecule has 1 aliphatic rings. The summed E-state index contributed by atoms with van der Waals surface area (Å²) in [6.45, 7) is 3.90. The van der Waals surface area contributed by atoms with Crippen molar-refractivity contribution in [3.05, 3.63) is 23.8 Å². The predicted octanol–water partition coefficient (Wildman–Crippen LogP) is 2.82. The van der Waals surface area contributed by atoms with E-state index in [1.807, 2.05) is 11.8 Å². The summed E-state index contributed by atoms with van der Waals surface area (Å²) >= 11 is 0. The molecule has 5 heteroatoms. The molecule has 0 bridgehead atoms. The highest BCUT2D eigenvalue weighted by atomic mass is 19.3. The zero-order chi connectivity index (χ0) is 13.1. The van der Waals surface area contributed by atoms with E-state index in [1.165, 1.54) is 6.07 Å². The summed E-state index contributed by atoms with van der Waals surface area (Å²) in [5, 5.41) is 0. The zero-order valence-electron chi connectivity index (χ0n) is 10.4. The van der Waals surface area contributed by atoms with E-state index in [2.05, 4.69) is 0 Å². The molecule has 1 aliphatic heterocycles.